The zero-order chi connectivity index (χ0) is 24.1. The molecule has 0 unspecified atom stereocenters. The van der Waals surface area contributed by atoms with Gasteiger partial charge in [0.1, 0.15) is 11.6 Å². The van der Waals surface area contributed by atoms with Crippen LogP contribution in [0.3, 0.4) is 0 Å². The van der Waals surface area contributed by atoms with E-state index in [1.54, 1.807) is 30.0 Å². The van der Waals surface area contributed by atoms with E-state index in [9.17, 15) is 10.1 Å². The summed E-state index contributed by atoms with van der Waals surface area (Å²) < 4.78 is 2.15. The number of carbonyl (C=O) groups is 1. The van der Waals surface area contributed by atoms with Gasteiger partial charge in [-0.05, 0) is 61.0 Å². The molecule has 1 aromatic heterocycles. The zero-order valence-electron chi connectivity index (χ0n) is 18.4. The molecule has 0 aliphatic heterocycles. The Labute approximate surface area is 212 Å². The van der Waals surface area contributed by atoms with Crippen LogP contribution in [0.5, 0.6) is 0 Å². The molecule has 0 spiro atoms. The van der Waals surface area contributed by atoms with Gasteiger partial charge >= 0.3 is 0 Å². The predicted octanol–water partition coefficient (Wildman–Crippen LogP) is 7.59. The van der Waals surface area contributed by atoms with Gasteiger partial charge in [0, 0.05) is 55.6 Å². The van der Waals surface area contributed by atoms with Crippen LogP contribution in [0.2, 0.25) is 10.0 Å². The number of hydrogen-bond donors (Lipinski definition) is 1. The van der Waals surface area contributed by atoms with Gasteiger partial charge < -0.3 is 9.88 Å². The van der Waals surface area contributed by atoms with E-state index in [1.165, 1.54) is 0 Å². The van der Waals surface area contributed by atoms with Crippen LogP contribution >= 0.6 is 35.0 Å². The van der Waals surface area contributed by atoms with Crippen LogP contribution < -0.4 is 5.32 Å². The second-order valence-corrected chi connectivity index (χ2v) is 9.72. The number of nitrogens with one attached hydrogen (secondary N) is 1. The van der Waals surface area contributed by atoms with Gasteiger partial charge in [0.15, 0.2) is 0 Å². The van der Waals surface area contributed by atoms with Crippen LogP contribution in [-0.4, -0.2) is 16.2 Å². The summed E-state index contributed by atoms with van der Waals surface area (Å²) in [7, 11) is 0. The molecule has 1 heterocycles. The van der Waals surface area contributed by atoms with Gasteiger partial charge in [-0.1, -0.05) is 47.5 Å². The molecule has 0 saturated heterocycles. The third-order valence-corrected chi connectivity index (χ3v) is 6.83. The Morgan fingerprint density at radius 1 is 1.09 bits per heavy atom. The molecule has 0 saturated carbocycles. The molecule has 4 nitrogen and oxygen atoms in total. The van der Waals surface area contributed by atoms with Gasteiger partial charge in [0.05, 0.1) is 0 Å². The SMILES string of the molecule is Cc1ccc(Cl)cc1NC(=O)/C(C#N)=C\c1cn(CCSc2ccc(Cl)cc2)c2ccccc12. The van der Waals surface area contributed by atoms with Gasteiger partial charge in [-0.2, -0.15) is 5.26 Å². The van der Waals surface area contributed by atoms with Crippen LogP contribution in [0.15, 0.2) is 83.4 Å². The van der Waals surface area contributed by atoms with Crippen molar-refractivity contribution in [3.63, 3.8) is 0 Å². The lowest BCUT2D eigenvalue weighted by Crippen LogP contribution is -2.14. The summed E-state index contributed by atoms with van der Waals surface area (Å²) in [5.74, 6) is 0.395. The minimum Gasteiger partial charge on any atom is -0.346 e. The molecule has 34 heavy (non-hydrogen) atoms. The Balaban J connectivity index is 1.56. The van der Waals surface area contributed by atoms with Crippen molar-refractivity contribution in [3.05, 3.63) is 99.7 Å². The third kappa shape index (κ3) is 5.66. The van der Waals surface area contributed by atoms with Crippen molar-refractivity contribution in [1.82, 2.24) is 4.57 Å². The number of rotatable bonds is 7. The topological polar surface area (TPSA) is 57.8 Å². The fraction of sp³-hybridized carbons (Fsp3) is 0.111. The van der Waals surface area contributed by atoms with Gasteiger partial charge in [0.2, 0.25) is 0 Å². The first-order valence-corrected chi connectivity index (χ1v) is 12.3. The molecule has 4 rings (SSSR count). The average molecular weight is 506 g/mol. The lowest BCUT2D eigenvalue weighted by molar-refractivity contribution is -0.112. The highest BCUT2D eigenvalue weighted by Gasteiger charge is 2.14. The normalized spacial score (nSPS) is 11.4. The van der Waals surface area contributed by atoms with Gasteiger partial charge in [-0.15, -0.1) is 11.8 Å². The molecule has 0 bridgehead atoms. The number of amides is 1. The highest BCUT2D eigenvalue weighted by Crippen LogP contribution is 2.26. The monoisotopic (exact) mass is 505 g/mol. The Kier molecular flexibility index (Phi) is 7.64. The molecule has 0 atom stereocenters. The van der Waals surface area contributed by atoms with Crippen molar-refractivity contribution in [2.45, 2.75) is 18.4 Å². The molecule has 0 aliphatic carbocycles. The number of fused-ring (bicyclic) bond motifs is 1. The second-order valence-electron chi connectivity index (χ2n) is 7.68. The molecule has 0 fully saturated rings. The van der Waals surface area contributed by atoms with E-state index in [4.69, 9.17) is 23.2 Å². The fourth-order valence-corrected chi connectivity index (χ4v) is 4.74. The molecular weight excluding hydrogens is 485 g/mol. The first-order valence-electron chi connectivity index (χ1n) is 10.6. The molecule has 0 aliphatic rings. The number of nitrogens with zero attached hydrogens (tertiary/aromatic N) is 2. The number of para-hydroxylation sites is 1. The van der Waals surface area contributed by atoms with Crippen molar-refractivity contribution in [2.75, 3.05) is 11.1 Å². The first-order chi connectivity index (χ1) is 16.4. The van der Waals surface area contributed by atoms with Crippen LogP contribution in [0.1, 0.15) is 11.1 Å². The number of thioether (sulfide) groups is 1. The smallest absolute Gasteiger partial charge is 0.266 e. The summed E-state index contributed by atoms with van der Waals surface area (Å²) in [6.07, 6.45) is 3.63. The highest BCUT2D eigenvalue weighted by molar-refractivity contribution is 7.99. The number of halogens is 2. The van der Waals surface area contributed by atoms with Crippen LogP contribution in [0.25, 0.3) is 17.0 Å². The molecule has 4 aromatic rings. The zero-order valence-corrected chi connectivity index (χ0v) is 20.7. The molecule has 1 amide bonds. The highest BCUT2D eigenvalue weighted by atomic mass is 35.5. The standard InChI is InChI=1S/C27H21Cl2N3OS/c1-18-6-7-22(29)15-25(18)31-27(33)19(16-30)14-20-17-32(26-5-3-2-4-24(20)26)12-13-34-23-10-8-21(28)9-11-23/h2-11,14-15,17H,12-13H2,1H3,(H,31,33)/b19-14-. The lowest BCUT2D eigenvalue weighted by Gasteiger charge is -2.08. The van der Waals surface area contributed by atoms with E-state index in [0.29, 0.717) is 10.7 Å². The first kappa shape index (κ1) is 24.0. The Morgan fingerprint density at radius 2 is 1.82 bits per heavy atom. The van der Waals surface area contributed by atoms with Crippen LogP contribution in [0.4, 0.5) is 5.69 Å². The van der Waals surface area contributed by atoms with E-state index < -0.39 is 5.91 Å². The molecule has 3 aromatic carbocycles. The second kappa shape index (κ2) is 10.8. The number of carbonyl (C=O) groups excluding carboxylic acids is 1. The molecule has 7 heteroatoms. The maximum atomic E-state index is 12.8. The van der Waals surface area contributed by atoms with Gasteiger partial charge in [-0.3, -0.25) is 4.79 Å². The van der Waals surface area contributed by atoms with Crippen molar-refractivity contribution in [1.29, 1.82) is 5.26 Å². The van der Waals surface area contributed by atoms with Crippen LogP contribution in [-0.2, 0) is 11.3 Å². The number of aryl methyl sites for hydroxylation is 2. The minimum atomic E-state index is -0.469. The van der Waals surface area contributed by atoms with Crippen molar-refractivity contribution < 1.29 is 4.79 Å². The van der Waals surface area contributed by atoms with Gasteiger partial charge in [-0.25, -0.2) is 0 Å². The number of anilines is 1. The Morgan fingerprint density at radius 3 is 2.59 bits per heavy atom. The summed E-state index contributed by atoms with van der Waals surface area (Å²) in [5, 5.41) is 14.7. The van der Waals surface area contributed by atoms with E-state index in [0.717, 1.165) is 44.2 Å². The maximum Gasteiger partial charge on any atom is 0.266 e. The third-order valence-electron chi connectivity index (χ3n) is 5.35. The van der Waals surface area contributed by atoms with Gasteiger partial charge in [0.25, 0.3) is 5.91 Å². The summed E-state index contributed by atoms with van der Waals surface area (Å²) in [6, 6.07) is 23.1. The fourth-order valence-electron chi connectivity index (χ4n) is 3.59. The summed E-state index contributed by atoms with van der Waals surface area (Å²) in [4.78, 5) is 14.0. The number of aromatic nitrogens is 1. The average Bonchev–Trinajstić information content (AvgIpc) is 3.18. The van der Waals surface area contributed by atoms with Crippen molar-refractivity contribution in [2.24, 2.45) is 0 Å². The van der Waals surface area contributed by atoms with E-state index in [2.05, 4.69) is 9.88 Å². The van der Waals surface area contributed by atoms with Crippen molar-refractivity contribution >= 4 is 63.5 Å². The summed E-state index contributed by atoms with van der Waals surface area (Å²) in [6.45, 7) is 2.65. The van der Waals surface area contributed by atoms with Crippen LogP contribution in [0, 0.1) is 18.3 Å². The number of hydrogen-bond acceptors (Lipinski definition) is 3. The quantitative estimate of drug-likeness (QED) is 0.160. The maximum absolute atomic E-state index is 12.8. The summed E-state index contributed by atoms with van der Waals surface area (Å²) >= 11 is 13.8. The lowest BCUT2D eigenvalue weighted by atomic mass is 10.1. The number of benzene rings is 3. The molecule has 1 N–H and O–H groups in total. The molecule has 170 valence electrons. The predicted molar refractivity (Wildman–Crippen MR) is 143 cm³/mol. The molecule has 0 radical (unpaired) electrons. The van der Waals surface area contributed by atoms with Crippen molar-refractivity contribution in [3.8, 4) is 6.07 Å². The van der Waals surface area contributed by atoms with E-state index in [-0.39, 0.29) is 5.57 Å². The summed E-state index contributed by atoms with van der Waals surface area (Å²) in [5.41, 5.74) is 3.35. The number of nitriles is 1. The largest absolute Gasteiger partial charge is 0.346 e. The Hall–Kier alpha value is -3.17. The minimum absolute atomic E-state index is 0.0258. The molecular formula is C27H21Cl2N3OS. The van der Waals surface area contributed by atoms with E-state index in [1.807, 2.05) is 73.8 Å². The Bertz CT molecular complexity index is 1420. The van der Waals surface area contributed by atoms with E-state index >= 15 is 0 Å².